The Morgan fingerprint density at radius 2 is 1.26 bits per heavy atom. The van der Waals surface area contributed by atoms with E-state index in [2.05, 4.69) is 58.3 Å². The Morgan fingerprint density at radius 3 is 1.83 bits per heavy atom. The highest BCUT2D eigenvalue weighted by atomic mass is 35.5. The van der Waals surface area contributed by atoms with Crippen LogP contribution in [0.25, 0.3) is 0 Å². The highest BCUT2D eigenvalue weighted by molar-refractivity contribution is 7.99. The van der Waals surface area contributed by atoms with Gasteiger partial charge in [-0.05, 0) is 50.2 Å². The summed E-state index contributed by atoms with van der Waals surface area (Å²) in [4.78, 5) is 7.84. The Bertz CT molecular complexity index is 599. The Hall–Kier alpha value is -0.870. The van der Waals surface area contributed by atoms with Crippen LogP contribution >= 0.6 is 36.6 Å². The van der Waals surface area contributed by atoms with Gasteiger partial charge in [-0.2, -0.15) is 0 Å². The quantitative estimate of drug-likeness (QED) is 0.732. The summed E-state index contributed by atoms with van der Waals surface area (Å²) < 4.78 is 0. The number of anilines is 2. The van der Waals surface area contributed by atoms with Crippen LogP contribution in [0.2, 0.25) is 0 Å². The first-order chi connectivity index (χ1) is 10.4. The lowest BCUT2D eigenvalue weighted by Crippen LogP contribution is -2.32. The first-order valence-corrected chi connectivity index (χ1v) is 8.59. The van der Waals surface area contributed by atoms with Crippen molar-refractivity contribution < 1.29 is 0 Å². The van der Waals surface area contributed by atoms with E-state index < -0.39 is 0 Å². The number of rotatable bonds is 3. The van der Waals surface area contributed by atoms with Crippen molar-refractivity contribution in [2.75, 3.05) is 31.1 Å². The highest BCUT2D eigenvalue weighted by Gasteiger charge is 2.23. The fourth-order valence-corrected chi connectivity index (χ4v) is 4.37. The molecule has 2 heterocycles. The minimum Gasteiger partial charge on any atom is -0.338 e. The van der Waals surface area contributed by atoms with Gasteiger partial charge in [0.05, 0.1) is 11.4 Å². The SMILES string of the molecule is Cl.Cl.c1ccc2c(c1)Sc1ccccc1N2CCN1CCCC1. The Morgan fingerprint density at radius 1 is 0.739 bits per heavy atom. The number of likely N-dealkylation sites (tertiary alicyclic amines) is 1. The maximum Gasteiger partial charge on any atom is 0.0553 e. The molecule has 0 unspecified atom stereocenters. The topological polar surface area (TPSA) is 6.48 Å². The second-order valence-electron chi connectivity index (χ2n) is 5.74. The van der Waals surface area contributed by atoms with Crippen molar-refractivity contribution in [2.24, 2.45) is 0 Å². The molecular formula is C18H22Cl2N2S. The molecule has 2 aromatic carbocycles. The zero-order valence-corrected chi connectivity index (χ0v) is 15.4. The summed E-state index contributed by atoms with van der Waals surface area (Å²) in [6, 6.07) is 17.5. The van der Waals surface area contributed by atoms with Gasteiger partial charge in [-0.1, -0.05) is 36.0 Å². The van der Waals surface area contributed by atoms with Crippen molar-refractivity contribution in [3.63, 3.8) is 0 Å². The van der Waals surface area contributed by atoms with E-state index in [9.17, 15) is 0 Å². The van der Waals surface area contributed by atoms with Crippen molar-refractivity contribution in [1.29, 1.82) is 0 Å². The molecule has 2 nitrogen and oxygen atoms in total. The van der Waals surface area contributed by atoms with Crippen molar-refractivity contribution in [1.82, 2.24) is 4.90 Å². The van der Waals surface area contributed by atoms with Gasteiger partial charge in [-0.25, -0.2) is 0 Å². The predicted molar refractivity (Wildman–Crippen MR) is 104 cm³/mol. The smallest absolute Gasteiger partial charge is 0.0553 e. The maximum atomic E-state index is 2.59. The van der Waals surface area contributed by atoms with Crippen molar-refractivity contribution in [2.45, 2.75) is 22.6 Å². The van der Waals surface area contributed by atoms with Crippen molar-refractivity contribution in [3.05, 3.63) is 48.5 Å². The third kappa shape index (κ3) is 3.80. The lowest BCUT2D eigenvalue weighted by Gasteiger charge is -2.33. The molecule has 0 aliphatic carbocycles. The molecule has 0 atom stereocenters. The van der Waals surface area contributed by atoms with Crippen molar-refractivity contribution in [3.8, 4) is 0 Å². The van der Waals surface area contributed by atoms with E-state index in [1.165, 1.54) is 47.1 Å². The summed E-state index contributed by atoms with van der Waals surface area (Å²) >= 11 is 1.89. The van der Waals surface area contributed by atoms with E-state index in [4.69, 9.17) is 0 Å². The molecule has 0 spiro atoms. The number of hydrogen-bond acceptors (Lipinski definition) is 3. The molecule has 0 N–H and O–H groups in total. The summed E-state index contributed by atoms with van der Waals surface area (Å²) in [5.41, 5.74) is 2.72. The molecule has 0 amide bonds. The lowest BCUT2D eigenvalue weighted by atomic mass is 10.2. The van der Waals surface area contributed by atoms with Gasteiger partial charge in [0.15, 0.2) is 0 Å². The zero-order valence-electron chi connectivity index (χ0n) is 13.0. The van der Waals surface area contributed by atoms with Gasteiger partial charge in [-0.3, -0.25) is 0 Å². The van der Waals surface area contributed by atoms with Gasteiger partial charge < -0.3 is 9.80 Å². The van der Waals surface area contributed by atoms with Gasteiger partial charge in [0.2, 0.25) is 0 Å². The molecule has 23 heavy (non-hydrogen) atoms. The molecule has 124 valence electrons. The summed E-state index contributed by atoms with van der Waals surface area (Å²) in [5.74, 6) is 0. The normalized spacial score (nSPS) is 16.1. The van der Waals surface area contributed by atoms with Crippen LogP contribution in [0.5, 0.6) is 0 Å². The molecule has 1 fully saturated rings. The zero-order chi connectivity index (χ0) is 14.1. The lowest BCUT2D eigenvalue weighted by molar-refractivity contribution is 0.348. The van der Waals surface area contributed by atoms with E-state index in [0.717, 1.165) is 13.1 Å². The second-order valence-corrected chi connectivity index (χ2v) is 6.82. The average Bonchev–Trinajstić information content (AvgIpc) is 3.05. The maximum absolute atomic E-state index is 2.59. The first-order valence-electron chi connectivity index (χ1n) is 7.78. The molecule has 0 bridgehead atoms. The monoisotopic (exact) mass is 368 g/mol. The molecule has 2 aliphatic heterocycles. The summed E-state index contributed by atoms with van der Waals surface area (Å²) in [7, 11) is 0. The Kier molecular flexibility index (Phi) is 6.66. The molecular weight excluding hydrogens is 347 g/mol. The molecule has 2 aromatic rings. The summed E-state index contributed by atoms with van der Waals surface area (Å²) in [6.07, 6.45) is 2.73. The number of halogens is 2. The highest BCUT2D eigenvalue weighted by Crippen LogP contribution is 2.47. The summed E-state index contributed by atoms with van der Waals surface area (Å²) in [6.45, 7) is 4.78. The fraction of sp³-hybridized carbons (Fsp3) is 0.333. The molecule has 5 heteroatoms. The van der Waals surface area contributed by atoms with Crippen LogP contribution in [0.1, 0.15) is 12.8 Å². The third-order valence-corrected chi connectivity index (χ3v) is 5.50. The largest absolute Gasteiger partial charge is 0.338 e. The van der Waals surface area contributed by atoms with E-state index >= 15 is 0 Å². The van der Waals surface area contributed by atoms with Crippen LogP contribution in [0.4, 0.5) is 11.4 Å². The van der Waals surface area contributed by atoms with Gasteiger partial charge >= 0.3 is 0 Å². The van der Waals surface area contributed by atoms with Gasteiger partial charge in [0.1, 0.15) is 0 Å². The van der Waals surface area contributed by atoms with Crippen LogP contribution in [0, 0.1) is 0 Å². The minimum atomic E-state index is 0. The summed E-state index contributed by atoms with van der Waals surface area (Å²) in [5, 5.41) is 0. The van der Waals surface area contributed by atoms with Crippen molar-refractivity contribution >= 4 is 48.0 Å². The molecule has 0 saturated carbocycles. The molecule has 0 radical (unpaired) electrons. The Labute approximate surface area is 155 Å². The van der Waals surface area contributed by atoms with Crippen LogP contribution in [-0.2, 0) is 0 Å². The van der Waals surface area contributed by atoms with Crippen LogP contribution < -0.4 is 4.90 Å². The number of para-hydroxylation sites is 2. The average molecular weight is 369 g/mol. The predicted octanol–water partition coefficient (Wildman–Crippen LogP) is 5.23. The van der Waals surface area contributed by atoms with E-state index in [1.54, 1.807) is 0 Å². The van der Waals surface area contributed by atoms with E-state index in [-0.39, 0.29) is 24.8 Å². The van der Waals surface area contributed by atoms with Crippen LogP contribution in [0.15, 0.2) is 58.3 Å². The second kappa shape index (κ2) is 8.29. The van der Waals surface area contributed by atoms with E-state index in [0.29, 0.717) is 0 Å². The number of hydrogen-bond donors (Lipinski definition) is 0. The van der Waals surface area contributed by atoms with Crippen LogP contribution in [-0.4, -0.2) is 31.1 Å². The molecule has 2 aliphatic rings. The molecule has 1 saturated heterocycles. The number of fused-ring (bicyclic) bond motifs is 2. The fourth-order valence-electron chi connectivity index (χ4n) is 3.27. The molecule has 4 rings (SSSR count). The van der Waals surface area contributed by atoms with Crippen LogP contribution in [0.3, 0.4) is 0 Å². The van der Waals surface area contributed by atoms with E-state index in [1.807, 2.05) is 11.8 Å². The number of nitrogens with zero attached hydrogens (tertiary/aromatic N) is 2. The Balaban J connectivity index is 0.000000960. The minimum absolute atomic E-state index is 0. The number of benzene rings is 2. The van der Waals surface area contributed by atoms with Gasteiger partial charge in [0, 0.05) is 22.9 Å². The standard InChI is InChI=1S/C18H20N2S.2ClH/c1-3-9-17-15(7-1)20(14-13-19-11-5-6-12-19)16-8-2-4-10-18(16)21-17;;/h1-4,7-10H,5-6,11-14H2;2*1H. The van der Waals surface area contributed by atoms with Gasteiger partial charge in [-0.15, -0.1) is 24.8 Å². The molecule has 0 aromatic heterocycles. The van der Waals surface area contributed by atoms with Gasteiger partial charge in [0.25, 0.3) is 0 Å². The first kappa shape index (κ1) is 18.5. The third-order valence-electron chi connectivity index (χ3n) is 4.37.